The molecule has 0 aliphatic carbocycles. The molecule has 0 aliphatic heterocycles. The summed E-state index contributed by atoms with van der Waals surface area (Å²) in [6.07, 6.45) is 0. The van der Waals surface area contributed by atoms with Crippen LogP contribution in [0.5, 0.6) is 0 Å². The highest BCUT2D eigenvalue weighted by Gasteiger charge is 2.08. The summed E-state index contributed by atoms with van der Waals surface area (Å²) in [4.78, 5) is 0. The van der Waals surface area contributed by atoms with Gasteiger partial charge in [0.1, 0.15) is 5.82 Å². The highest BCUT2D eigenvalue weighted by Crippen LogP contribution is 2.20. The van der Waals surface area contributed by atoms with Crippen molar-refractivity contribution in [1.82, 2.24) is 9.78 Å². The molecule has 1 rings (SSSR count). The lowest BCUT2D eigenvalue weighted by Gasteiger charge is -2.09. The van der Waals surface area contributed by atoms with Gasteiger partial charge in [-0.05, 0) is 12.8 Å². The number of nitrogens with zero attached hydrogens (tertiary/aromatic N) is 2. The Bertz CT molecular complexity index is 288. The van der Waals surface area contributed by atoms with Crippen molar-refractivity contribution >= 4 is 11.5 Å². The van der Waals surface area contributed by atoms with Crippen LogP contribution >= 0.6 is 0 Å². The molecular formula is C9H18N4. The maximum absolute atomic E-state index is 5.84. The fourth-order valence-corrected chi connectivity index (χ4v) is 1.18. The molecule has 0 radical (unpaired) electrons. The van der Waals surface area contributed by atoms with Gasteiger partial charge in [-0.2, -0.15) is 5.10 Å². The minimum atomic E-state index is 0.606. The topological polar surface area (TPSA) is 55.9 Å². The molecule has 1 heterocycles. The molecule has 0 atom stereocenters. The van der Waals surface area contributed by atoms with E-state index in [2.05, 4.69) is 24.3 Å². The summed E-state index contributed by atoms with van der Waals surface area (Å²) >= 11 is 0. The monoisotopic (exact) mass is 182 g/mol. The Morgan fingerprint density at radius 1 is 1.54 bits per heavy atom. The number of anilines is 2. The number of hydrogen-bond acceptors (Lipinski definition) is 3. The van der Waals surface area contributed by atoms with Crippen LogP contribution in [-0.4, -0.2) is 16.3 Å². The summed E-state index contributed by atoms with van der Waals surface area (Å²) in [6.45, 7) is 7.15. The maximum atomic E-state index is 5.84. The van der Waals surface area contributed by atoms with Gasteiger partial charge < -0.3 is 11.1 Å². The van der Waals surface area contributed by atoms with Gasteiger partial charge in [-0.1, -0.05) is 13.8 Å². The van der Waals surface area contributed by atoms with E-state index in [4.69, 9.17) is 5.73 Å². The Morgan fingerprint density at radius 3 is 2.54 bits per heavy atom. The molecule has 0 spiro atoms. The molecule has 0 saturated heterocycles. The number of aromatic nitrogens is 2. The van der Waals surface area contributed by atoms with Crippen LogP contribution in [0, 0.1) is 12.8 Å². The summed E-state index contributed by atoms with van der Waals surface area (Å²) < 4.78 is 1.78. The third-order valence-corrected chi connectivity index (χ3v) is 1.95. The van der Waals surface area contributed by atoms with Gasteiger partial charge in [0.25, 0.3) is 0 Å². The molecule has 4 heteroatoms. The van der Waals surface area contributed by atoms with Crippen molar-refractivity contribution in [3.8, 4) is 0 Å². The van der Waals surface area contributed by atoms with Crippen molar-refractivity contribution in [3.05, 3.63) is 5.69 Å². The van der Waals surface area contributed by atoms with Crippen LogP contribution in [0.1, 0.15) is 19.5 Å². The van der Waals surface area contributed by atoms with Gasteiger partial charge >= 0.3 is 0 Å². The van der Waals surface area contributed by atoms with Gasteiger partial charge in [0.15, 0.2) is 0 Å². The first-order valence-electron chi connectivity index (χ1n) is 4.55. The predicted octanol–water partition coefficient (Wildman–Crippen LogP) is 1.38. The van der Waals surface area contributed by atoms with Crippen LogP contribution in [0.2, 0.25) is 0 Å². The fraction of sp³-hybridized carbons (Fsp3) is 0.667. The Kier molecular flexibility index (Phi) is 2.80. The molecule has 0 amide bonds. The van der Waals surface area contributed by atoms with Gasteiger partial charge in [0, 0.05) is 13.6 Å². The number of nitrogens with one attached hydrogen (secondary N) is 1. The lowest BCUT2D eigenvalue weighted by molar-refractivity contribution is 0.675. The van der Waals surface area contributed by atoms with Crippen LogP contribution in [0.25, 0.3) is 0 Å². The van der Waals surface area contributed by atoms with Crippen LogP contribution in [0.4, 0.5) is 11.5 Å². The smallest absolute Gasteiger partial charge is 0.147 e. The second-order valence-corrected chi connectivity index (χ2v) is 3.75. The Morgan fingerprint density at radius 2 is 2.15 bits per heavy atom. The zero-order valence-corrected chi connectivity index (χ0v) is 8.76. The van der Waals surface area contributed by atoms with Crippen LogP contribution < -0.4 is 11.1 Å². The molecule has 4 nitrogen and oxygen atoms in total. The highest BCUT2D eigenvalue weighted by molar-refractivity contribution is 5.64. The van der Waals surface area contributed by atoms with Crippen molar-refractivity contribution in [1.29, 1.82) is 0 Å². The first-order valence-corrected chi connectivity index (χ1v) is 4.55. The molecule has 0 saturated carbocycles. The molecule has 3 N–H and O–H groups in total. The third kappa shape index (κ3) is 2.14. The molecule has 0 aliphatic rings. The van der Waals surface area contributed by atoms with Crippen molar-refractivity contribution in [2.45, 2.75) is 20.8 Å². The molecule has 0 bridgehead atoms. The van der Waals surface area contributed by atoms with Crippen LogP contribution in [-0.2, 0) is 7.05 Å². The standard InChI is InChI=1S/C9H18N4/c1-6(2)5-11-9-8(10)7(3)12-13(9)4/h6,11H,5,10H2,1-4H3. The van der Waals surface area contributed by atoms with Crippen molar-refractivity contribution in [2.75, 3.05) is 17.6 Å². The number of nitrogens with two attached hydrogens (primary N) is 1. The SMILES string of the molecule is Cc1nn(C)c(NCC(C)C)c1N. The second-order valence-electron chi connectivity index (χ2n) is 3.75. The molecule has 13 heavy (non-hydrogen) atoms. The lowest BCUT2D eigenvalue weighted by atomic mass is 10.2. The zero-order chi connectivity index (χ0) is 10.0. The van der Waals surface area contributed by atoms with Crippen molar-refractivity contribution < 1.29 is 0 Å². The highest BCUT2D eigenvalue weighted by atomic mass is 15.3. The Labute approximate surface area is 79.1 Å². The summed E-state index contributed by atoms with van der Waals surface area (Å²) in [5.74, 6) is 1.53. The number of hydrogen-bond donors (Lipinski definition) is 2. The molecule has 0 aromatic carbocycles. The van der Waals surface area contributed by atoms with Crippen LogP contribution in [0.3, 0.4) is 0 Å². The summed E-state index contributed by atoms with van der Waals surface area (Å²) in [6, 6.07) is 0. The van der Waals surface area contributed by atoms with E-state index in [1.165, 1.54) is 0 Å². The first-order chi connectivity index (χ1) is 6.02. The third-order valence-electron chi connectivity index (χ3n) is 1.95. The lowest BCUT2D eigenvalue weighted by Crippen LogP contribution is -2.12. The minimum Gasteiger partial charge on any atom is -0.394 e. The summed E-state index contributed by atoms with van der Waals surface area (Å²) in [7, 11) is 1.89. The second kappa shape index (κ2) is 3.68. The predicted molar refractivity (Wildman–Crippen MR) is 55.7 cm³/mol. The van der Waals surface area contributed by atoms with Crippen LogP contribution in [0.15, 0.2) is 0 Å². The number of rotatable bonds is 3. The van der Waals surface area contributed by atoms with Gasteiger partial charge in [-0.15, -0.1) is 0 Å². The molecular weight excluding hydrogens is 164 g/mol. The number of nitrogen functional groups attached to an aromatic ring is 1. The molecule has 1 aromatic heterocycles. The quantitative estimate of drug-likeness (QED) is 0.742. The van der Waals surface area contributed by atoms with Gasteiger partial charge in [0.2, 0.25) is 0 Å². The van der Waals surface area contributed by atoms with E-state index in [9.17, 15) is 0 Å². The molecule has 1 aromatic rings. The van der Waals surface area contributed by atoms with E-state index in [1.807, 2.05) is 14.0 Å². The van der Waals surface area contributed by atoms with Gasteiger partial charge in [0.05, 0.1) is 11.4 Å². The van der Waals surface area contributed by atoms with E-state index in [0.717, 1.165) is 23.7 Å². The van der Waals surface area contributed by atoms with Gasteiger partial charge in [-0.3, -0.25) is 4.68 Å². The Hall–Kier alpha value is -1.19. The fourth-order valence-electron chi connectivity index (χ4n) is 1.18. The average Bonchev–Trinajstić information content (AvgIpc) is 2.24. The number of aryl methyl sites for hydroxylation is 2. The zero-order valence-electron chi connectivity index (χ0n) is 8.76. The van der Waals surface area contributed by atoms with Crippen molar-refractivity contribution in [3.63, 3.8) is 0 Å². The Balaban J connectivity index is 2.76. The molecule has 0 unspecified atom stereocenters. The first kappa shape index (κ1) is 9.89. The van der Waals surface area contributed by atoms with E-state index in [1.54, 1.807) is 4.68 Å². The van der Waals surface area contributed by atoms with Gasteiger partial charge in [-0.25, -0.2) is 0 Å². The molecule has 0 fully saturated rings. The van der Waals surface area contributed by atoms with E-state index < -0.39 is 0 Å². The summed E-state index contributed by atoms with van der Waals surface area (Å²) in [5.41, 5.74) is 7.48. The minimum absolute atomic E-state index is 0.606. The average molecular weight is 182 g/mol. The summed E-state index contributed by atoms with van der Waals surface area (Å²) in [5, 5.41) is 7.49. The largest absolute Gasteiger partial charge is 0.394 e. The van der Waals surface area contributed by atoms with E-state index in [-0.39, 0.29) is 0 Å². The van der Waals surface area contributed by atoms with E-state index in [0.29, 0.717) is 5.92 Å². The van der Waals surface area contributed by atoms with Crippen molar-refractivity contribution in [2.24, 2.45) is 13.0 Å². The normalized spacial score (nSPS) is 10.8. The van der Waals surface area contributed by atoms with E-state index >= 15 is 0 Å². The molecule has 74 valence electrons. The maximum Gasteiger partial charge on any atom is 0.147 e.